The molecule has 20 heavy (non-hydrogen) atoms. The molecule has 1 aromatic heterocycles. The van der Waals surface area contributed by atoms with E-state index in [0.29, 0.717) is 5.69 Å². The van der Waals surface area contributed by atoms with Crippen LogP contribution in [-0.4, -0.2) is 10.9 Å². The van der Waals surface area contributed by atoms with Gasteiger partial charge in [0.1, 0.15) is 5.69 Å². The number of aromatic nitrogens is 1. The zero-order valence-corrected chi connectivity index (χ0v) is 12.9. The number of aryl methyl sites for hydroxylation is 1. The molecule has 0 aliphatic heterocycles. The Kier molecular flexibility index (Phi) is 4.86. The summed E-state index contributed by atoms with van der Waals surface area (Å²) in [4.78, 5) is 16.1. The van der Waals surface area contributed by atoms with Crippen molar-refractivity contribution in [1.29, 1.82) is 0 Å². The van der Waals surface area contributed by atoms with Gasteiger partial charge in [-0.2, -0.15) is 0 Å². The molecule has 0 radical (unpaired) electrons. The molecule has 0 saturated heterocycles. The Morgan fingerprint density at radius 2 is 2.00 bits per heavy atom. The smallest absolute Gasteiger partial charge is 0.275 e. The summed E-state index contributed by atoms with van der Waals surface area (Å²) >= 11 is 17.7. The van der Waals surface area contributed by atoms with Gasteiger partial charge in [-0.05, 0) is 24.1 Å². The van der Waals surface area contributed by atoms with Crippen molar-refractivity contribution in [2.45, 2.75) is 13.3 Å². The molecule has 1 aromatic carbocycles. The molecule has 2 rings (SSSR count). The number of hydrogen-bond acceptors (Lipinski definition) is 2. The molecule has 6 heteroatoms. The average Bonchev–Trinajstić information content (AvgIpc) is 2.45. The summed E-state index contributed by atoms with van der Waals surface area (Å²) in [6, 6.07) is 7.55. The third-order valence-electron chi connectivity index (χ3n) is 2.73. The van der Waals surface area contributed by atoms with Gasteiger partial charge < -0.3 is 5.32 Å². The molecule has 0 saturated carbocycles. The molecule has 104 valence electrons. The second-order valence-electron chi connectivity index (χ2n) is 4.09. The van der Waals surface area contributed by atoms with Gasteiger partial charge in [-0.15, -0.1) is 0 Å². The quantitative estimate of drug-likeness (QED) is 0.874. The minimum Gasteiger partial charge on any atom is -0.321 e. The van der Waals surface area contributed by atoms with Crippen molar-refractivity contribution < 1.29 is 4.79 Å². The van der Waals surface area contributed by atoms with E-state index in [1.807, 2.05) is 25.1 Å². The van der Waals surface area contributed by atoms with Crippen molar-refractivity contribution >= 4 is 46.4 Å². The third-order valence-corrected chi connectivity index (χ3v) is 3.97. The Bertz CT molecular complexity index is 659. The summed E-state index contributed by atoms with van der Waals surface area (Å²) in [7, 11) is 0. The molecule has 0 fully saturated rings. The van der Waals surface area contributed by atoms with E-state index in [2.05, 4.69) is 10.3 Å². The topological polar surface area (TPSA) is 42.0 Å². The summed E-state index contributed by atoms with van der Waals surface area (Å²) in [5.41, 5.74) is 1.84. The van der Waals surface area contributed by atoms with E-state index >= 15 is 0 Å². The van der Waals surface area contributed by atoms with Gasteiger partial charge >= 0.3 is 0 Å². The maximum absolute atomic E-state index is 12.1. The first-order chi connectivity index (χ1) is 9.52. The van der Waals surface area contributed by atoms with E-state index in [4.69, 9.17) is 34.8 Å². The summed E-state index contributed by atoms with van der Waals surface area (Å²) < 4.78 is 0. The highest BCUT2D eigenvalue weighted by Crippen LogP contribution is 2.31. The molecule has 2 aromatic rings. The van der Waals surface area contributed by atoms with Crippen molar-refractivity contribution in [3.63, 3.8) is 0 Å². The first kappa shape index (κ1) is 15.1. The van der Waals surface area contributed by atoms with E-state index in [1.54, 1.807) is 6.07 Å². The fourth-order valence-electron chi connectivity index (χ4n) is 1.66. The number of carbonyl (C=O) groups is 1. The lowest BCUT2D eigenvalue weighted by Gasteiger charge is -2.08. The van der Waals surface area contributed by atoms with Crippen LogP contribution in [0.25, 0.3) is 0 Å². The van der Waals surface area contributed by atoms with Crippen molar-refractivity contribution in [3.8, 4) is 0 Å². The molecule has 0 aliphatic rings. The van der Waals surface area contributed by atoms with Gasteiger partial charge in [0, 0.05) is 11.9 Å². The number of halogens is 3. The number of nitrogens with one attached hydrogen (secondary N) is 1. The highest BCUT2D eigenvalue weighted by Gasteiger charge is 2.17. The minimum atomic E-state index is -0.429. The van der Waals surface area contributed by atoms with Crippen molar-refractivity contribution in [3.05, 3.63) is 56.8 Å². The Labute approximate surface area is 131 Å². The van der Waals surface area contributed by atoms with Crippen LogP contribution < -0.4 is 5.32 Å². The van der Waals surface area contributed by atoms with Gasteiger partial charge in [0.2, 0.25) is 0 Å². The predicted molar refractivity (Wildman–Crippen MR) is 83.0 cm³/mol. The van der Waals surface area contributed by atoms with E-state index in [0.717, 1.165) is 12.0 Å². The number of rotatable bonds is 3. The van der Waals surface area contributed by atoms with Crippen molar-refractivity contribution in [2.75, 3.05) is 5.32 Å². The fourth-order valence-corrected chi connectivity index (χ4v) is 2.23. The molecule has 0 unspecified atom stereocenters. The Morgan fingerprint density at radius 3 is 2.70 bits per heavy atom. The lowest BCUT2D eigenvalue weighted by molar-refractivity contribution is 0.102. The van der Waals surface area contributed by atoms with E-state index in [9.17, 15) is 4.79 Å². The molecule has 0 aliphatic carbocycles. The van der Waals surface area contributed by atoms with Crippen LogP contribution in [0.5, 0.6) is 0 Å². The molecule has 3 nitrogen and oxygen atoms in total. The Morgan fingerprint density at radius 1 is 1.25 bits per heavy atom. The summed E-state index contributed by atoms with van der Waals surface area (Å²) in [6.07, 6.45) is 2.18. The fraction of sp³-hybridized carbons (Fsp3) is 0.143. The van der Waals surface area contributed by atoms with E-state index in [-0.39, 0.29) is 20.8 Å². The van der Waals surface area contributed by atoms with Crippen LogP contribution >= 0.6 is 34.8 Å². The van der Waals surface area contributed by atoms with Crippen LogP contribution in [0.15, 0.2) is 30.5 Å². The number of amides is 1. The molecule has 1 amide bonds. The molecular formula is C14H11Cl3N2O. The number of nitrogens with zero attached hydrogens (tertiary/aromatic N) is 1. The molecule has 0 atom stereocenters. The summed E-state index contributed by atoms with van der Waals surface area (Å²) in [6.45, 7) is 2.04. The SMILES string of the molecule is CCc1cccc(NC(=O)c2ncc(Cl)c(Cl)c2Cl)c1. The average molecular weight is 330 g/mol. The van der Waals surface area contributed by atoms with Crippen LogP contribution in [0.1, 0.15) is 23.0 Å². The first-order valence-corrected chi connectivity index (χ1v) is 7.06. The van der Waals surface area contributed by atoms with Gasteiger partial charge in [-0.1, -0.05) is 53.9 Å². The van der Waals surface area contributed by atoms with Crippen LogP contribution in [0, 0.1) is 0 Å². The molecule has 0 bridgehead atoms. The van der Waals surface area contributed by atoms with Crippen LogP contribution in [0.4, 0.5) is 5.69 Å². The minimum absolute atomic E-state index is 0.0444. The molecular weight excluding hydrogens is 319 g/mol. The largest absolute Gasteiger partial charge is 0.321 e. The molecule has 1 heterocycles. The van der Waals surface area contributed by atoms with Gasteiger partial charge in [-0.25, -0.2) is 4.98 Å². The van der Waals surface area contributed by atoms with Crippen LogP contribution in [0.2, 0.25) is 15.1 Å². The van der Waals surface area contributed by atoms with Crippen molar-refractivity contribution in [2.24, 2.45) is 0 Å². The van der Waals surface area contributed by atoms with E-state index in [1.165, 1.54) is 6.20 Å². The lowest BCUT2D eigenvalue weighted by atomic mass is 10.1. The van der Waals surface area contributed by atoms with Crippen LogP contribution in [-0.2, 0) is 6.42 Å². The number of benzene rings is 1. The molecule has 0 spiro atoms. The monoisotopic (exact) mass is 328 g/mol. The Hall–Kier alpha value is -1.29. The number of hydrogen-bond donors (Lipinski definition) is 1. The van der Waals surface area contributed by atoms with Gasteiger partial charge in [0.25, 0.3) is 5.91 Å². The number of pyridine rings is 1. The first-order valence-electron chi connectivity index (χ1n) is 5.92. The Balaban J connectivity index is 2.26. The third kappa shape index (κ3) is 3.23. The zero-order chi connectivity index (χ0) is 14.7. The summed E-state index contributed by atoms with van der Waals surface area (Å²) in [5, 5.41) is 3.11. The maximum atomic E-state index is 12.1. The second kappa shape index (κ2) is 6.44. The van der Waals surface area contributed by atoms with Gasteiger partial charge in [0.15, 0.2) is 0 Å². The summed E-state index contributed by atoms with van der Waals surface area (Å²) in [5.74, 6) is -0.429. The van der Waals surface area contributed by atoms with Crippen molar-refractivity contribution in [1.82, 2.24) is 4.98 Å². The van der Waals surface area contributed by atoms with Crippen LogP contribution in [0.3, 0.4) is 0 Å². The second-order valence-corrected chi connectivity index (χ2v) is 5.25. The van der Waals surface area contributed by atoms with Gasteiger partial charge in [-0.3, -0.25) is 4.79 Å². The highest BCUT2D eigenvalue weighted by atomic mass is 35.5. The number of anilines is 1. The number of carbonyl (C=O) groups excluding carboxylic acids is 1. The van der Waals surface area contributed by atoms with Gasteiger partial charge in [0.05, 0.1) is 15.1 Å². The predicted octanol–water partition coefficient (Wildman–Crippen LogP) is 4.86. The molecule has 1 N–H and O–H groups in total. The highest BCUT2D eigenvalue weighted by molar-refractivity contribution is 6.49. The lowest BCUT2D eigenvalue weighted by Crippen LogP contribution is -2.14. The maximum Gasteiger partial charge on any atom is 0.275 e. The standard InChI is InChI=1S/C14H11Cl3N2O/c1-2-8-4-3-5-9(6-8)19-14(20)13-12(17)11(16)10(15)7-18-13/h3-7H,2H2,1H3,(H,19,20). The normalized spacial score (nSPS) is 10.4. The zero-order valence-electron chi connectivity index (χ0n) is 10.6. The van der Waals surface area contributed by atoms with E-state index < -0.39 is 5.91 Å².